The summed E-state index contributed by atoms with van der Waals surface area (Å²) in [5.74, 6) is -0.538. The minimum Gasteiger partial charge on any atom is -0.508 e. The average Bonchev–Trinajstić information content (AvgIpc) is 2.41. The zero-order valence-corrected chi connectivity index (χ0v) is 11.0. The molecule has 0 aliphatic heterocycles. The van der Waals surface area contributed by atoms with E-state index in [9.17, 15) is 9.90 Å². The van der Waals surface area contributed by atoms with Crippen molar-refractivity contribution >= 4 is 11.7 Å². The van der Waals surface area contributed by atoms with Gasteiger partial charge in [0.15, 0.2) is 0 Å². The molecule has 0 saturated carbocycles. The highest BCUT2D eigenvalue weighted by Gasteiger charge is 2.11. The first-order valence-corrected chi connectivity index (χ1v) is 6.01. The van der Waals surface area contributed by atoms with E-state index in [0.717, 1.165) is 5.56 Å². The van der Waals surface area contributed by atoms with Gasteiger partial charge in [0.1, 0.15) is 18.1 Å². The Kier molecular flexibility index (Phi) is 3.79. The number of phenols is 2. The van der Waals surface area contributed by atoms with E-state index in [1.807, 2.05) is 6.92 Å². The molecule has 0 bridgehead atoms. The highest BCUT2D eigenvalue weighted by Crippen LogP contribution is 2.27. The Hall–Kier alpha value is -2.69. The van der Waals surface area contributed by atoms with Crippen LogP contribution in [0.5, 0.6) is 11.5 Å². The van der Waals surface area contributed by atoms with Crippen LogP contribution < -0.4 is 5.73 Å². The van der Waals surface area contributed by atoms with Crippen LogP contribution in [0.2, 0.25) is 0 Å². The number of ether oxygens (including phenoxy) is 1. The van der Waals surface area contributed by atoms with E-state index < -0.39 is 5.97 Å². The normalized spacial score (nSPS) is 10.2. The van der Waals surface area contributed by atoms with Crippen molar-refractivity contribution in [2.75, 3.05) is 5.73 Å². The summed E-state index contributed by atoms with van der Waals surface area (Å²) < 4.78 is 5.11. The standard InChI is InChI=1S/C15H15NO4/c1-9-6-11(14(18)13(16)7-9)8-20-15(19)10-2-4-12(17)5-3-10/h2-7,17-18H,8,16H2,1H3. The number of anilines is 1. The third-order valence-corrected chi connectivity index (χ3v) is 2.82. The van der Waals surface area contributed by atoms with Gasteiger partial charge in [-0.2, -0.15) is 0 Å². The van der Waals surface area contributed by atoms with Gasteiger partial charge in [-0.3, -0.25) is 0 Å². The smallest absolute Gasteiger partial charge is 0.338 e. The van der Waals surface area contributed by atoms with Crippen molar-refractivity contribution in [3.8, 4) is 11.5 Å². The maximum Gasteiger partial charge on any atom is 0.338 e. The number of aromatic hydroxyl groups is 2. The van der Waals surface area contributed by atoms with Gasteiger partial charge in [-0.05, 0) is 48.9 Å². The topological polar surface area (TPSA) is 92.8 Å². The molecule has 0 heterocycles. The predicted octanol–water partition coefficient (Wildman–Crippen LogP) is 2.35. The molecule has 20 heavy (non-hydrogen) atoms. The minimum atomic E-state index is -0.538. The number of carbonyl (C=O) groups is 1. The molecule has 0 aliphatic carbocycles. The van der Waals surface area contributed by atoms with Gasteiger partial charge >= 0.3 is 5.97 Å². The number of aryl methyl sites for hydroxylation is 1. The second-order valence-electron chi connectivity index (χ2n) is 4.48. The lowest BCUT2D eigenvalue weighted by atomic mass is 10.1. The third kappa shape index (κ3) is 3.00. The number of phenolic OH excluding ortho intramolecular Hbond substituents is 2. The molecule has 4 N–H and O–H groups in total. The zero-order chi connectivity index (χ0) is 14.7. The first-order chi connectivity index (χ1) is 9.47. The van der Waals surface area contributed by atoms with Crippen LogP contribution in [0.4, 0.5) is 5.69 Å². The molecule has 0 amide bonds. The lowest BCUT2D eigenvalue weighted by Crippen LogP contribution is -2.05. The molecule has 0 spiro atoms. The summed E-state index contributed by atoms with van der Waals surface area (Å²) in [7, 11) is 0. The van der Waals surface area contributed by atoms with E-state index in [0.29, 0.717) is 11.1 Å². The molecule has 0 unspecified atom stereocenters. The number of esters is 1. The Labute approximate surface area is 116 Å². The second-order valence-corrected chi connectivity index (χ2v) is 4.48. The number of rotatable bonds is 3. The summed E-state index contributed by atoms with van der Waals surface area (Å²) in [5.41, 5.74) is 7.53. The maximum atomic E-state index is 11.8. The molecule has 2 aromatic carbocycles. The Morgan fingerprint density at radius 1 is 1.20 bits per heavy atom. The molecule has 2 rings (SSSR count). The Bertz CT molecular complexity index is 635. The lowest BCUT2D eigenvalue weighted by molar-refractivity contribution is 0.0470. The van der Waals surface area contributed by atoms with E-state index in [-0.39, 0.29) is 23.8 Å². The van der Waals surface area contributed by atoms with Crippen molar-refractivity contribution in [1.29, 1.82) is 0 Å². The van der Waals surface area contributed by atoms with E-state index in [1.54, 1.807) is 12.1 Å². The van der Waals surface area contributed by atoms with Crippen LogP contribution in [0, 0.1) is 6.92 Å². The number of carbonyl (C=O) groups excluding carboxylic acids is 1. The minimum absolute atomic E-state index is 0.0720. The van der Waals surface area contributed by atoms with Crippen LogP contribution in [0.1, 0.15) is 21.5 Å². The highest BCUT2D eigenvalue weighted by molar-refractivity contribution is 5.89. The third-order valence-electron chi connectivity index (χ3n) is 2.82. The number of nitrogen functional groups attached to an aromatic ring is 1. The van der Waals surface area contributed by atoms with Crippen molar-refractivity contribution in [2.45, 2.75) is 13.5 Å². The number of nitrogens with two attached hydrogens (primary N) is 1. The summed E-state index contributed by atoms with van der Waals surface area (Å²) in [6.45, 7) is 1.76. The summed E-state index contributed by atoms with van der Waals surface area (Å²) in [5, 5.41) is 18.9. The molecule has 0 aliphatic rings. The quantitative estimate of drug-likeness (QED) is 0.453. The predicted molar refractivity (Wildman–Crippen MR) is 74.5 cm³/mol. The van der Waals surface area contributed by atoms with Crippen LogP contribution in [-0.2, 0) is 11.3 Å². The molecule has 0 saturated heterocycles. The summed E-state index contributed by atoms with van der Waals surface area (Å²) in [6, 6.07) is 9.07. The molecule has 0 aromatic heterocycles. The van der Waals surface area contributed by atoms with Gasteiger partial charge in [0, 0.05) is 5.56 Å². The van der Waals surface area contributed by atoms with Crippen molar-refractivity contribution < 1.29 is 19.7 Å². The molecular formula is C15H15NO4. The SMILES string of the molecule is Cc1cc(N)c(O)c(COC(=O)c2ccc(O)cc2)c1. The molecular weight excluding hydrogens is 258 g/mol. The lowest BCUT2D eigenvalue weighted by Gasteiger charge is -2.09. The Morgan fingerprint density at radius 3 is 2.50 bits per heavy atom. The fourth-order valence-electron chi connectivity index (χ4n) is 1.82. The first kappa shape index (κ1) is 13.7. The summed E-state index contributed by atoms with van der Waals surface area (Å²) >= 11 is 0. The van der Waals surface area contributed by atoms with Crippen LogP contribution in [0.25, 0.3) is 0 Å². The van der Waals surface area contributed by atoms with Gasteiger partial charge in [-0.25, -0.2) is 4.79 Å². The van der Waals surface area contributed by atoms with E-state index >= 15 is 0 Å². The number of hydrogen-bond acceptors (Lipinski definition) is 5. The number of benzene rings is 2. The maximum absolute atomic E-state index is 11.8. The first-order valence-electron chi connectivity index (χ1n) is 6.01. The second kappa shape index (κ2) is 5.52. The van der Waals surface area contributed by atoms with Gasteiger partial charge in [0.05, 0.1) is 11.3 Å². The van der Waals surface area contributed by atoms with Gasteiger partial charge in [0.2, 0.25) is 0 Å². The van der Waals surface area contributed by atoms with Gasteiger partial charge in [0.25, 0.3) is 0 Å². The van der Waals surface area contributed by atoms with Crippen LogP contribution >= 0.6 is 0 Å². The summed E-state index contributed by atoms with van der Waals surface area (Å²) in [6.07, 6.45) is 0. The van der Waals surface area contributed by atoms with E-state index in [4.69, 9.17) is 15.6 Å². The van der Waals surface area contributed by atoms with Crippen molar-refractivity contribution in [2.24, 2.45) is 0 Å². The Balaban J connectivity index is 2.09. The van der Waals surface area contributed by atoms with Crippen LogP contribution in [0.15, 0.2) is 36.4 Å². The van der Waals surface area contributed by atoms with E-state index in [1.165, 1.54) is 24.3 Å². The molecule has 0 atom stereocenters. The molecule has 0 radical (unpaired) electrons. The number of hydrogen-bond donors (Lipinski definition) is 3. The largest absolute Gasteiger partial charge is 0.508 e. The average molecular weight is 273 g/mol. The zero-order valence-electron chi connectivity index (χ0n) is 11.0. The van der Waals surface area contributed by atoms with Crippen LogP contribution in [-0.4, -0.2) is 16.2 Å². The Morgan fingerprint density at radius 2 is 1.85 bits per heavy atom. The monoisotopic (exact) mass is 273 g/mol. The fourth-order valence-corrected chi connectivity index (χ4v) is 1.82. The van der Waals surface area contributed by atoms with Gasteiger partial charge < -0.3 is 20.7 Å². The molecule has 5 heteroatoms. The summed E-state index contributed by atoms with van der Waals surface area (Å²) in [4.78, 5) is 11.8. The highest BCUT2D eigenvalue weighted by atomic mass is 16.5. The molecule has 5 nitrogen and oxygen atoms in total. The molecule has 104 valence electrons. The van der Waals surface area contributed by atoms with Crippen LogP contribution in [0.3, 0.4) is 0 Å². The van der Waals surface area contributed by atoms with E-state index in [2.05, 4.69) is 0 Å². The van der Waals surface area contributed by atoms with Crippen molar-refractivity contribution in [3.05, 3.63) is 53.1 Å². The fraction of sp³-hybridized carbons (Fsp3) is 0.133. The van der Waals surface area contributed by atoms with Crippen molar-refractivity contribution in [1.82, 2.24) is 0 Å². The van der Waals surface area contributed by atoms with Gasteiger partial charge in [-0.15, -0.1) is 0 Å². The molecule has 2 aromatic rings. The molecule has 0 fully saturated rings. The van der Waals surface area contributed by atoms with Crippen molar-refractivity contribution in [3.63, 3.8) is 0 Å². The van der Waals surface area contributed by atoms with Gasteiger partial charge in [-0.1, -0.05) is 0 Å².